The first-order valence-electron chi connectivity index (χ1n) is 7.06. The lowest BCUT2D eigenvalue weighted by atomic mass is 9.99. The second kappa shape index (κ2) is 5.41. The highest BCUT2D eigenvalue weighted by Gasteiger charge is 2.30. The molecule has 1 aromatic heterocycles. The minimum absolute atomic E-state index is 0.174. The summed E-state index contributed by atoms with van der Waals surface area (Å²) >= 11 is 1.58. The molecule has 3 heteroatoms. The molecule has 0 spiro atoms. The van der Waals surface area contributed by atoms with Crippen molar-refractivity contribution in [3.8, 4) is 0 Å². The number of thiophene rings is 1. The molecule has 3 rings (SSSR count). The first kappa shape index (κ1) is 13.4. The molecule has 1 unspecified atom stereocenters. The van der Waals surface area contributed by atoms with Crippen LogP contribution in [0.15, 0.2) is 35.0 Å². The average Bonchev–Trinajstić information content (AvgIpc) is 3.08. The maximum atomic E-state index is 12.6. The number of likely N-dealkylation sites (tertiary alicyclic amines) is 1. The smallest absolute Gasteiger partial charge is 0.255 e. The summed E-state index contributed by atoms with van der Waals surface area (Å²) in [6.45, 7) is 5.11. The Morgan fingerprint density at radius 2 is 2.00 bits per heavy atom. The van der Waals surface area contributed by atoms with Gasteiger partial charge in [0.15, 0.2) is 0 Å². The van der Waals surface area contributed by atoms with E-state index in [0.29, 0.717) is 0 Å². The predicted octanol–water partition coefficient (Wildman–Crippen LogP) is 4.34. The fourth-order valence-electron chi connectivity index (χ4n) is 3.11. The predicted molar refractivity (Wildman–Crippen MR) is 83.2 cm³/mol. The zero-order valence-corrected chi connectivity index (χ0v) is 12.7. The molecule has 104 valence electrons. The minimum Gasteiger partial charge on any atom is -0.332 e. The molecule has 1 fully saturated rings. The molecule has 1 saturated heterocycles. The van der Waals surface area contributed by atoms with Crippen molar-refractivity contribution >= 4 is 17.2 Å². The van der Waals surface area contributed by atoms with Crippen molar-refractivity contribution in [2.75, 3.05) is 6.54 Å². The Morgan fingerprint density at radius 3 is 2.65 bits per heavy atom. The summed E-state index contributed by atoms with van der Waals surface area (Å²) in [4.78, 5) is 14.6. The van der Waals surface area contributed by atoms with Gasteiger partial charge in [-0.25, -0.2) is 0 Å². The van der Waals surface area contributed by atoms with E-state index in [1.807, 2.05) is 21.7 Å². The van der Waals surface area contributed by atoms with Crippen molar-refractivity contribution in [1.82, 2.24) is 4.90 Å². The molecular weight excluding hydrogens is 266 g/mol. The zero-order chi connectivity index (χ0) is 14.1. The Kier molecular flexibility index (Phi) is 3.62. The van der Waals surface area contributed by atoms with Crippen LogP contribution in [-0.2, 0) is 0 Å². The quantitative estimate of drug-likeness (QED) is 0.803. The Morgan fingerprint density at radius 1 is 1.25 bits per heavy atom. The number of amides is 1. The van der Waals surface area contributed by atoms with Crippen LogP contribution in [0.2, 0.25) is 0 Å². The number of hydrogen-bond donors (Lipinski definition) is 0. The minimum atomic E-state index is 0.174. The second-order valence-electron chi connectivity index (χ2n) is 5.59. The van der Waals surface area contributed by atoms with Crippen molar-refractivity contribution in [2.45, 2.75) is 32.7 Å². The Balaban J connectivity index is 1.90. The van der Waals surface area contributed by atoms with Crippen molar-refractivity contribution in [2.24, 2.45) is 0 Å². The van der Waals surface area contributed by atoms with Gasteiger partial charge in [0, 0.05) is 11.9 Å². The van der Waals surface area contributed by atoms with Crippen LogP contribution in [-0.4, -0.2) is 17.4 Å². The van der Waals surface area contributed by atoms with Gasteiger partial charge in [-0.15, -0.1) is 0 Å². The molecule has 0 N–H and O–H groups in total. The van der Waals surface area contributed by atoms with Gasteiger partial charge in [0.05, 0.1) is 11.6 Å². The number of aryl methyl sites for hydroxylation is 2. The lowest BCUT2D eigenvalue weighted by Crippen LogP contribution is -2.30. The average molecular weight is 285 g/mol. The molecule has 2 nitrogen and oxygen atoms in total. The van der Waals surface area contributed by atoms with E-state index in [1.54, 1.807) is 11.3 Å². The number of rotatable bonds is 2. The lowest BCUT2D eigenvalue weighted by Gasteiger charge is -2.25. The SMILES string of the molecule is Cc1cc(C)cc(C2CCCN2C(=O)c2ccsc2)c1. The van der Waals surface area contributed by atoms with Crippen molar-refractivity contribution in [3.05, 3.63) is 57.3 Å². The highest BCUT2D eigenvalue weighted by Crippen LogP contribution is 2.34. The van der Waals surface area contributed by atoms with E-state index in [4.69, 9.17) is 0 Å². The second-order valence-corrected chi connectivity index (χ2v) is 6.37. The van der Waals surface area contributed by atoms with Gasteiger partial charge in [0.2, 0.25) is 0 Å². The zero-order valence-electron chi connectivity index (χ0n) is 11.9. The van der Waals surface area contributed by atoms with Crippen LogP contribution >= 0.6 is 11.3 Å². The molecular formula is C17H19NOS. The molecule has 0 aliphatic carbocycles. The van der Waals surface area contributed by atoms with Crippen LogP contribution in [0.25, 0.3) is 0 Å². The summed E-state index contributed by atoms with van der Waals surface area (Å²) in [6, 6.07) is 8.78. The van der Waals surface area contributed by atoms with Gasteiger partial charge in [-0.2, -0.15) is 11.3 Å². The van der Waals surface area contributed by atoms with E-state index in [9.17, 15) is 4.79 Å². The van der Waals surface area contributed by atoms with Crippen molar-refractivity contribution in [1.29, 1.82) is 0 Å². The molecule has 1 amide bonds. The summed E-state index contributed by atoms with van der Waals surface area (Å²) in [5.74, 6) is 0.174. The normalized spacial score (nSPS) is 18.5. The molecule has 2 heterocycles. The topological polar surface area (TPSA) is 20.3 Å². The Bertz CT molecular complexity index is 598. The van der Waals surface area contributed by atoms with Gasteiger partial charge in [-0.3, -0.25) is 4.79 Å². The van der Waals surface area contributed by atoms with Gasteiger partial charge in [-0.1, -0.05) is 29.3 Å². The third-order valence-corrected chi connectivity index (χ3v) is 4.59. The van der Waals surface area contributed by atoms with Crippen molar-refractivity contribution in [3.63, 3.8) is 0 Å². The standard InChI is InChI=1S/C17H19NOS/c1-12-8-13(2)10-15(9-12)16-4-3-6-18(16)17(19)14-5-7-20-11-14/h5,7-11,16H,3-4,6H2,1-2H3. The van der Waals surface area contributed by atoms with Gasteiger partial charge in [-0.05, 0) is 43.7 Å². The molecule has 0 radical (unpaired) electrons. The first-order chi connectivity index (χ1) is 9.65. The van der Waals surface area contributed by atoms with Gasteiger partial charge in [0.25, 0.3) is 5.91 Å². The molecule has 1 atom stereocenters. The van der Waals surface area contributed by atoms with Gasteiger partial charge < -0.3 is 4.90 Å². The fourth-order valence-corrected chi connectivity index (χ4v) is 3.74. The van der Waals surface area contributed by atoms with Gasteiger partial charge >= 0.3 is 0 Å². The van der Waals surface area contributed by atoms with Crippen molar-refractivity contribution < 1.29 is 4.79 Å². The highest BCUT2D eigenvalue weighted by molar-refractivity contribution is 7.08. The number of carbonyl (C=O) groups excluding carboxylic acids is 1. The van der Waals surface area contributed by atoms with E-state index < -0.39 is 0 Å². The third kappa shape index (κ3) is 2.50. The monoisotopic (exact) mass is 285 g/mol. The lowest BCUT2D eigenvalue weighted by molar-refractivity contribution is 0.0736. The third-order valence-electron chi connectivity index (χ3n) is 3.91. The molecule has 1 aliphatic rings. The van der Waals surface area contributed by atoms with E-state index in [2.05, 4.69) is 32.0 Å². The first-order valence-corrected chi connectivity index (χ1v) is 8.01. The molecule has 0 saturated carbocycles. The maximum absolute atomic E-state index is 12.6. The van der Waals surface area contributed by atoms with Crippen LogP contribution in [0.5, 0.6) is 0 Å². The Labute approximate surface area is 124 Å². The summed E-state index contributed by atoms with van der Waals surface area (Å²) < 4.78 is 0. The molecule has 2 aromatic rings. The van der Waals surface area contributed by atoms with E-state index in [-0.39, 0.29) is 11.9 Å². The van der Waals surface area contributed by atoms with Crippen LogP contribution in [0.3, 0.4) is 0 Å². The summed E-state index contributed by atoms with van der Waals surface area (Å²) in [5.41, 5.74) is 4.65. The largest absolute Gasteiger partial charge is 0.332 e. The van der Waals surface area contributed by atoms with Crippen LogP contribution in [0.1, 0.15) is 45.9 Å². The molecule has 1 aliphatic heterocycles. The maximum Gasteiger partial charge on any atom is 0.255 e. The summed E-state index contributed by atoms with van der Waals surface area (Å²) in [5, 5.41) is 3.91. The summed E-state index contributed by atoms with van der Waals surface area (Å²) in [6.07, 6.45) is 2.16. The number of carbonyl (C=O) groups is 1. The number of benzene rings is 1. The van der Waals surface area contributed by atoms with Crippen LogP contribution in [0.4, 0.5) is 0 Å². The van der Waals surface area contributed by atoms with Crippen LogP contribution in [0, 0.1) is 13.8 Å². The van der Waals surface area contributed by atoms with E-state index in [0.717, 1.165) is 24.9 Å². The molecule has 1 aromatic carbocycles. The van der Waals surface area contributed by atoms with Gasteiger partial charge in [0.1, 0.15) is 0 Å². The van der Waals surface area contributed by atoms with E-state index >= 15 is 0 Å². The fraction of sp³-hybridized carbons (Fsp3) is 0.353. The van der Waals surface area contributed by atoms with E-state index in [1.165, 1.54) is 16.7 Å². The molecule has 20 heavy (non-hydrogen) atoms. The molecule has 0 bridgehead atoms. The summed E-state index contributed by atoms with van der Waals surface area (Å²) in [7, 11) is 0. The number of nitrogens with zero attached hydrogens (tertiary/aromatic N) is 1. The number of hydrogen-bond acceptors (Lipinski definition) is 2. The van der Waals surface area contributed by atoms with Crippen LogP contribution < -0.4 is 0 Å². The highest BCUT2D eigenvalue weighted by atomic mass is 32.1. The Hall–Kier alpha value is -1.61.